The lowest BCUT2D eigenvalue weighted by atomic mass is 9.87. The van der Waals surface area contributed by atoms with Crippen molar-refractivity contribution < 1.29 is 0 Å². The lowest BCUT2D eigenvalue weighted by Crippen LogP contribution is -2.27. The summed E-state index contributed by atoms with van der Waals surface area (Å²) in [5.41, 5.74) is 0. The standard InChI is InChI=1S/C14H18ClN3S/c1-9-6-12-13(16-8-17-14(12)19-9)18-11-4-2-10(7-15)3-5-11/h6,8,10-11H,2-5,7H2,1H3,(H,16,17,18). The highest BCUT2D eigenvalue weighted by Gasteiger charge is 2.21. The van der Waals surface area contributed by atoms with Gasteiger partial charge in [-0.25, -0.2) is 9.97 Å². The summed E-state index contributed by atoms with van der Waals surface area (Å²) in [6.07, 6.45) is 6.47. The topological polar surface area (TPSA) is 37.8 Å². The number of aryl methyl sites for hydroxylation is 1. The Hall–Kier alpha value is -0.870. The van der Waals surface area contributed by atoms with E-state index >= 15 is 0 Å². The number of aromatic nitrogens is 2. The number of rotatable bonds is 3. The van der Waals surface area contributed by atoms with Gasteiger partial charge < -0.3 is 5.32 Å². The number of fused-ring (bicyclic) bond motifs is 1. The number of hydrogen-bond acceptors (Lipinski definition) is 4. The molecule has 1 N–H and O–H groups in total. The molecule has 0 unspecified atom stereocenters. The maximum Gasteiger partial charge on any atom is 0.138 e. The van der Waals surface area contributed by atoms with Gasteiger partial charge in [0.2, 0.25) is 0 Å². The maximum absolute atomic E-state index is 5.93. The molecule has 3 nitrogen and oxygen atoms in total. The first kappa shape index (κ1) is 13.1. The number of alkyl halides is 1. The summed E-state index contributed by atoms with van der Waals surface area (Å²) >= 11 is 7.65. The Kier molecular flexibility index (Phi) is 3.89. The SMILES string of the molecule is Cc1cc2c(NC3CCC(CCl)CC3)ncnc2s1. The molecule has 0 saturated heterocycles. The van der Waals surface area contributed by atoms with Crippen LogP contribution in [0.3, 0.4) is 0 Å². The Morgan fingerprint density at radius 3 is 2.84 bits per heavy atom. The summed E-state index contributed by atoms with van der Waals surface area (Å²) in [7, 11) is 0. The molecule has 2 aromatic heterocycles. The van der Waals surface area contributed by atoms with Crippen molar-refractivity contribution in [3.63, 3.8) is 0 Å². The van der Waals surface area contributed by atoms with E-state index in [0.717, 1.165) is 21.9 Å². The van der Waals surface area contributed by atoms with Gasteiger partial charge >= 0.3 is 0 Å². The van der Waals surface area contributed by atoms with Crippen molar-refractivity contribution in [2.45, 2.75) is 38.6 Å². The fourth-order valence-electron chi connectivity index (χ4n) is 2.75. The molecule has 0 atom stereocenters. The van der Waals surface area contributed by atoms with Gasteiger partial charge in [-0.05, 0) is 44.6 Å². The molecule has 2 aromatic rings. The van der Waals surface area contributed by atoms with Crippen molar-refractivity contribution in [2.75, 3.05) is 11.2 Å². The van der Waals surface area contributed by atoms with E-state index < -0.39 is 0 Å². The number of anilines is 1. The Labute approximate surface area is 122 Å². The van der Waals surface area contributed by atoms with Crippen molar-refractivity contribution in [1.82, 2.24) is 9.97 Å². The van der Waals surface area contributed by atoms with Gasteiger partial charge in [0.25, 0.3) is 0 Å². The van der Waals surface area contributed by atoms with Crippen LogP contribution in [0, 0.1) is 12.8 Å². The smallest absolute Gasteiger partial charge is 0.138 e. The molecular formula is C14H18ClN3S. The van der Waals surface area contributed by atoms with Crippen molar-refractivity contribution in [3.05, 3.63) is 17.3 Å². The normalized spacial score (nSPS) is 23.7. The van der Waals surface area contributed by atoms with Crippen molar-refractivity contribution >= 4 is 39.0 Å². The van der Waals surface area contributed by atoms with Gasteiger partial charge in [0.05, 0.1) is 5.39 Å². The van der Waals surface area contributed by atoms with E-state index in [1.807, 2.05) is 0 Å². The van der Waals surface area contributed by atoms with Crippen LogP contribution in [0.25, 0.3) is 10.2 Å². The summed E-state index contributed by atoms with van der Waals surface area (Å²) in [6, 6.07) is 2.70. The molecule has 3 rings (SSSR count). The lowest BCUT2D eigenvalue weighted by Gasteiger charge is -2.28. The molecule has 102 valence electrons. The monoisotopic (exact) mass is 295 g/mol. The zero-order valence-electron chi connectivity index (χ0n) is 11.0. The number of thiophene rings is 1. The minimum atomic E-state index is 0.526. The lowest BCUT2D eigenvalue weighted by molar-refractivity contribution is 0.364. The quantitative estimate of drug-likeness (QED) is 0.862. The van der Waals surface area contributed by atoms with Crippen molar-refractivity contribution in [1.29, 1.82) is 0 Å². The van der Waals surface area contributed by atoms with Crippen LogP contribution in [-0.2, 0) is 0 Å². The number of nitrogens with zero attached hydrogens (tertiary/aromatic N) is 2. The molecule has 1 saturated carbocycles. The summed E-state index contributed by atoms with van der Waals surface area (Å²) < 4.78 is 0. The summed E-state index contributed by atoms with van der Waals surface area (Å²) in [4.78, 5) is 11.1. The summed E-state index contributed by atoms with van der Waals surface area (Å²) in [5, 5.41) is 4.75. The summed E-state index contributed by atoms with van der Waals surface area (Å²) in [5.74, 6) is 2.49. The molecule has 1 aliphatic carbocycles. The fourth-order valence-corrected chi connectivity index (χ4v) is 3.90. The number of hydrogen-bond donors (Lipinski definition) is 1. The van der Waals surface area contributed by atoms with Crippen LogP contribution in [0.1, 0.15) is 30.6 Å². The predicted octanol–water partition coefficient (Wildman–Crippen LogP) is 4.21. The van der Waals surface area contributed by atoms with E-state index in [1.54, 1.807) is 17.7 Å². The van der Waals surface area contributed by atoms with Crippen molar-refractivity contribution in [3.8, 4) is 0 Å². The van der Waals surface area contributed by atoms with Gasteiger partial charge in [-0.15, -0.1) is 22.9 Å². The minimum Gasteiger partial charge on any atom is -0.367 e. The van der Waals surface area contributed by atoms with Gasteiger partial charge in [0, 0.05) is 16.8 Å². The Morgan fingerprint density at radius 1 is 1.32 bits per heavy atom. The zero-order valence-corrected chi connectivity index (χ0v) is 12.6. The van der Waals surface area contributed by atoms with Gasteiger partial charge in [0.1, 0.15) is 17.0 Å². The van der Waals surface area contributed by atoms with Crippen LogP contribution >= 0.6 is 22.9 Å². The highest BCUT2D eigenvalue weighted by molar-refractivity contribution is 7.18. The van der Waals surface area contributed by atoms with Crippen LogP contribution in [0.4, 0.5) is 5.82 Å². The van der Waals surface area contributed by atoms with E-state index in [9.17, 15) is 0 Å². The molecule has 5 heteroatoms. The van der Waals surface area contributed by atoms with Gasteiger partial charge in [-0.3, -0.25) is 0 Å². The van der Waals surface area contributed by atoms with E-state index in [1.165, 1.54) is 30.6 Å². The van der Waals surface area contributed by atoms with Crippen LogP contribution in [0.2, 0.25) is 0 Å². The molecule has 1 aliphatic rings. The van der Waals surface area contributed by atoms with Gasteiger partial charge in [-0.2, -0.15) is 0 Å². The molecule has 2 heterocycles. The average molecular weight is 296 g/mol. The highest BCUT2D eigenvalue weighted by atomic mass is 35.5. The van der Waals surface area contributed by atoms with E-state index in [2.05, 4.69) is 28.3 Å². The zero-order chi connectivity index (χ0) is 13.2. The Balaban J connectivity index is 1.75. The molecule has 0 aliphatic heterocycles. The second-order valence-electron chi connectivity index (χ2n) is 5.31. The van der Waals surface area contributed by atoms with E-state index in [0.29, 0.717) is 12.0 Å². The van der Waals surface area contributed by atoms with Crippen LogP contribution in [0.5, 0.6) is 0 Å². The van der Waals surface area contributed by atoms with Gasteiger partial charge in [-0.1, -0.05) is 0 Å². The van der Waals surface area contributed by atoms with Gasteiger partial charge in [0.15, 0.2) is 0 Å². The predicted molar refractivity (Wildman–Crippen MR) is 82.2 cm³/mol. The van der Waals surface area contributed by atoms with E-state index in [4.69, 9.17) is 11.6 Å². The molecule has 0 bridgehead atoms. The maximum atomic E-state index is 5.93. The minimum absolute atomic E-state index is 0.526. The third kappa shape index (κ3) is 2.84. The van der Waals surface area contributed by atoms with Crippen molar-refractivity contribution in [2.24, 2.45) is 5.92 Å². The average Bonchev–Trinajstić information content (AvgIpc) is 2.81. The molecule has 0 radical (unpaired) electrons. The van der Waals surface area contributed by atoms with Crippen LogP contribution < -0.4 is 5.32 Å². The highest BCUT2D eigenvalue weighted by Crippen LogP contribution is 2.31. The van der Waals surface area contributed by atoms with Crippen LogP contribution in [-0.4, -0.2) is 21.9 Å². The molecular weight excluding hydrogens is 278 g/mol. The molecule has 0 aromatic carbocycles. The summed E-state index contributed by atoms with van der Waals surface area (Å²) in [6.45, 7) is 2.11. The molecule has 1 fully saturated rings. The largest absolute Gasteiger partial charge is 0.367 e. The first-order chi connectivity index (χ1) is 9.26. The first-order valence-corrected chi connectivity index (χ1v) is 8.15. The Bertz CT molecular complexity index is 561. The molecule has 19 heavy (non-hydrogen) atoms. The van der Waals surface area contributed by atoms with Crippen LogP contribution in [0.15, 0.2) is 12.4 Å². The number of halogens is 1. The molecule has 0 spiro atoms. The second-order valence-corrected chi connectivity index (χ2v) is 6.86. The third-order valence-electron chi connectivity index (χ3n) is 3.86. The first-order valence-electron chi connectivity index (χ1n) is 6.80. The second kappa shape index (κ2) is 5.63. The molecule has 0 amide bonds. The number of nitrogens with one attached hydrogen (secondary N) is 1. The Morgan fingerprint density at radius 2 is 2.11 bits per heavy atom. The fraction of sp³-hybridized carbons (Fsp3) is 0.571. The third-order valence-corrected chi connectivity index (χ3v) is 5.25. The van der Waals surface area contributed by atoms with E-state index in [-0.39, 0.29) is 0 Å².